The number of aliphatic hydroxyl groups is 1. The first-order valence-electron chi connectivity index (χ1n) is 7.87. The van der Waals surface area contributed by atoms with E-state index in [1.165, 1.54) is 44.7 Å². The number of nitrogens with zero attached hydrogens (tertiary/aromatic N) is 1. The Kier molecular flexibility index (Phi) is 13.8. The lowest BCUT2D eigenvalue weighted by Gasteiger charge is -2.04. The highest BCUT2D eigenvalue weighted by Crippen LogP contribution is 2.07. The molecular formula is C16H28N2O3. The molecular weight excluding hydrogens is 268 g/mol. The first-order chi connectivity index (χ1) is 10.3. The number of nitrogens with one attached hydrogen (secondary N) is 1. The van der Waals surface area contributed by atoms with Crippen molar-refractivity contribution in [3.8, 4) is 6.07 Å². The Morgan fingerprint density at radius 2 is 1.81 bits per heavy atom. The summed E-state index contributed by atoms with van der Waals surface area (Å²) in [7, 11) is 0. The van der Waals surface area contributed by atoms with Gasteiger partial charge in [0.15, 0.2) is 5.57 Å². The molecule has 0 aromatic rings. The monoisotopic (exact) mass is 296 g/mol. The highest BCUT2D eigenvalue weighted by molar-refractivity contribution is 5.92. The van der Waals surface area contributed by atoms with Gasteiger partial charge in [0.2, 0.25) is 0 Å². The Bertz CT molecular complexity index is 335. The minimum Gasteiger partial charge on any atom is -0.459 e. The van der Waals surface area contributed by atoms with Crippen LogP contribution in [-0.4, -0.2) is 30.8 Å². The Hall–Kier alpha value is -1.54. The van der Waals surface area contributed by atoms with Crippen molar-refractivity contribution in [3.63, 3.8) is 0 Å². The fourth-order valence-electron chi connectivity index (χ4n) is 1.89. The van der Waals surface area contributed by atoms with E-state index >= 15 is 0 Å². The molecule has 0 radical (unpaired) electrons. The summed E-state index contributed by atoms with van der Waals surface area (Å²) in [6.45, 7) is 2.63. The van der Waals surface area contributed by atoms with E-state index in [0.717, 1.165) is 19.4 Å². The maximum absolute atomic E-state index is 11.4. The van der Waals surface area contributed by atoms with E-state index in [0.29, 0.717) is 0 Å². The molecule has 0 bridgehead atoms. The number of nitriles is 1. The molecule has 0 aromatic heterocycles. The molecule has 0 fully saturated rings. The third-order valence-electron chi connectivity index (χ3n) is 3.09. The van der Waals surface area contributed by atoms with Gasteiger partial charge in [-0.1, -0.05) is 51.9 Å². The van der Waals surface area contributed by atoms with Gasteiger partial charge in [-0.05, 0) is 6.42 Å². The van der Waals surface area contributed by atoms with Crippen LogP contribution in [0.5, 0.6) is 0 Å². The van der Waals surface area contributed by atoms with E-state index in [9.17, 15) is 4.79 Å². The topological polar surface area (TPSA) is 82.4 Å². The summed E-state index contributed by atoms with van der Waals surface area (Å²) >= 11 is 0. The zero-order valence-corrected chi connectivity index (χ0v) is 13.1. The van der Waals surface area contributed by atoms with Crippen LogP contribution in [0.15, 0.2) is 11.8 Å². The number of rotatable bonds is 13. The first-order valence-corrected chi connectivity index (χ1v) is 7.87. The van der Waals surface area contributed by atoms with Crippen LogP contribution in [0.25, 0.3) is 0 Å². The summed E-state index contributed by atoms with van der Waals surface area (Å²) in [4.78, 5) is 11.4. The molecule has 0 atom stereocenters. The van der Waals surface area contributed by atoms with Crippen molar-refractivity contribution in [2.24, 2.45) is 0 Å². The summed E-state index contributed by atoms with van der Waals surface area (Å²) in [5, 5.41) is 20.3. The standard InChI is InChI=1S/C16H28N2O3/c1-2-3-4-5-6-7-8-9-10-18-14-15(13-17)16(20)21-12-11-19/h14,18-19H,2-12H2,1H3. The number of hydrogen-bond acceptors (Lipinski definition) is 5. The number of ether oxygens (including phenoxy) is 1. The average Bonchev–Trinajstić information content (AvgIpc) is 2.50. The minimum absolute atomic E-state index is 0.0667. The number of carbonyl (C=O) groups excluding carboxylic acids is 1. The summed E-state index contributed by atoms with van der Waals surface area (Å²) < 4.78 is 4.67. The molecule has 0 amide bonds. The van der Waals surface area contributed by atoms with Crippen molar-refractivity contribution in [2.75, 3.05) is 19.8 Å². The molecule has 2 N–H and O–H groups in total. The van der Waals surface area contributed by atoms with Gasteiger partial charge >= 0.3 is 5.97 Å². The van der Waals surface area contributed by atoms with Crippen LogP contribution in [0.3, 0.4) is 0 Å². The number of hydrogen-bond donors (Lipinski definition) is 2. The van der Waals surface area contributed by atoms with Gasteiger partial charge in [0.05, 0.1) is 6.61 Å². The van der Waals surface area contributed by atoms with Crippen molar-refractivity contribution in [1.82, 2.24) is 5.32 Å². The van der Waals surface area contributed by atoms with Crippen LogP contribution in [0.1, 0.15) is 58.3 Å². The van der Waals surface area contributed by atoms with Crippen LogP contribution >= 0.6 is 0 Å². The maximum Gasteiger partial charge on any atom is 0.350 e. The van der Waals surface area contributed by atoms with Crippen molar-refractivity contribution in [2.45, 2.75) is 58.3 Å². The van der Waals surface area contributed by atoms with Crippen molar-refractivity contribution in [3.05, 3.63) is 11.8 Å². The average molecular weight is 296 g/mol. The third-order valence-corrected chi connectivity index (χ3v) is 3.09. The lowest BCUT2D eigenvalue weighted by atomic mass is 10.1. The molecule has 0 unspecified atom stereocenters. The van der Waals surface area contributed by atoms with Gasteiger partial charge in [0.1, 0.15) is 12.7 Å². The van der Waals surface area contributed by atoms with Crippen molar-refractivity contribution >= 4 is 5.97 Å². The van der Waals surface area contributed by atoms with Crippen LogP contribution in [0.4, 0.5) is 0 Å². The van der Waals surface area contributed by atoms with E-state index in [1.807, 2.05) is 0 Å². The second kappa shape index (κ2) is 14.9. The van der Waals surface area contributed by atoms with Gasteiger partial charge in [-0.2, -0.15) is 5.26 Å². The predicted octanol–water partition coefficient (Wildman–Crippen LogP) is 2.66. The Balaban J connectivity index is 3.60. The Labute approximate surface area is 128 Å². The first kappa shape index (κ1) is 19.5. The molecule has 0 heterocycles. The lowest BCUT2D eigenvalue weighted by molar-refractivity contribution is -0.139. The summed E-state index contributed by atoms with van der Waals surface area (Å²) in [6.07, 6.45) is 11.3. The molecule has 21 heavy (non-hydrogen) atoms. The van der Waals surface area contributed by atoms with Crippen molar-refractivity contribution < 1.29 is 14.6 Å². The Morgan fingerprint density at radius 1 is 1.19 bits per heavy atom. The molecule has 0 aliphatic rings. The van der Waals surface area contributed by atoms with Gasteiger partial charge in [-0.25, -0.2) is 4.79 Å². The molecule has 5 nitrogen and oxygen atoms in total. The molecule has 0 spiro atoms. The summed E-state index contributed by atoms with van der Waals surface area (Å²) in [6, 6.07) is 1.78. The smallest absolute Gasteiger partial charge is 0.350 e. The quantitative estimate of drug-likeness (QED) is 0.236. The zero-order chi connectivity index (χ0) is 15.8. The predicted molar refractivity (Wildman–Crippen MR) is 82.4 cm³/mol. The van der Waals surface area contributed by atoms with Crippen molar-refractivity contribution in [1.29, 1.82) is 5.26 Å². The van der Waals surface area contributed by atoms with E-state index < -0.39 is 5.97 Å². The Morgan fingerprint density at radius 3 is 2.38 bits per heavy atom. The van der Waals surface area contributed by atoms with Crippen LogP contribution < -0.4 is 5.32 Å². The molecule has 0 aromatic carbocycles. The molecule has 0 aliphatic carbocycles. The molecule has 120 valence electrons. The lowest BCUT2D eigenvalue weighted by Crippen LogP contribution is -2.14. The highest BCUT2D eigenvalue weighted by Gasteiger charge is 2.09. The maximum atomic E-state index is 11.4. The van der Waals surface area contributed by atoms with Gasteiger partial charge < -0.3 is 15.2 Å². The fraction of sp³-hybridized carbons (Fsp3) is 0.750. The minimum atomic E-state index is -0.699. The zero-order valence-electron chi connectivity index (χ0n) is 13.1. The fourth-order valence-corrected chi connectivity index (χ4v) is 1.89. The highest BCUT2D eigenvalue weighted by atomic mass is 16.5. The molecule has 0 rings (SSSR count). The third kappa shape index (κ3) is 11.9. The van der Waals surface area contributed by atoms with Crippen LogP contribution in [0.2, 0.25) is 0 Å². The molecule has 0 saturated carbocycles. The van der Waals surface area contributed by atoms with Gasteiger partial charge in [-0.3, -0.25) is 0 Å². The second-order valence-corrected chi connectivity index (χ2v) is 4.96. The number of aliphatic hydroxyl groups excluding tert-OH is 1. The summed E-state index contributed by atoms with van der Waals surface area (Å²) in [5.74, 6) is -0.699. The molecule has 5 heteroatoms. The van der Waals surface area contributed by atoms with E-state index in [4.69, 9.17) is 10.4 Å². The SMILES string of the molecule is CCCCCCCCCCNC=C(C#N)C(=O)OCCO. The van der Waals surface area contributed by atoms with Gasteiger partial charge in [0, 0.05) is 12.7 Å². The largest absolute Gasteiger partial charge is 0.459 e. The van der Waals surface area contributed by atoms with Crippen LogP contribution in [-0.2, 0) is 9.53 Å². The second-order valence-electron chi connectivity index (χ2n) is 4.96. The van der Waals surface area contributed by atoms with E-state index in [-0.39, 0.29) is 18.8 Å². The number of carbonyl (C=O) groups is 1. The normalized spacial score (nSPS) is 11.0. The molecule has 0 aliphatic heterocycles. The summed E-state index contributed by atoms with van der Waals surface area (Å²) in [5.41, 5.74) is -0.0667. The van der Waals surface area contributed by atoms with E-state index in [2.05, 4.69) is 17.0 Å². The van der Waals surface area contributed by atoms with Gasteiger partial charge in [0.25, 0.3) is 0 Å². The number of unbranched alkanes of at least 4 members (excludes halogenated alkanes) is 7. The van der Waals surface area contributed by atoms with Gasteiger partial charge in [-0.15, -0.1) is 0 Å². The number of esters is 1. The van der Waals surface area contributed by atoms with E-state index in [1.54, 1.807) is 6.07 Å². The van der Waals surface area contributed by atoms with Crippen LogP contribution in [0, 0.1) is 11.3 Å². The molecule has 0 saturated heterocycles.